The molecule has 0 saturated carbocycles. The predicted molar refractivity (Wildman–Crippen MR) is 67.6 cm³/mol. The number of aliphatic imine (C=N–C) groups is 1. The van der Waals surface area contributed by atoms with E-state index in [9.17, 15) is 23.4 Å². The summed E-state index contributed by atoms with van der Waals surface area (Å²) in [6.45, 7) is 0.838. The fourth-order valence-corrected chi connectivity index (χ4v) is 1.53. The average Bonchev–Trinajstić information content (AvgIpc) is 2.35. The maximum Gasteiger partial charge on any atom is 0.389 e. The lowest BCUT2D eigenvalue weighted by atomic mass is 10.1. The van der Waals surface area contributed by atoms with Gasteiger partial charge in [0, 0.05) is 13.0 Å². The Hall–Kier alpha value is -0.700. The molecule has 0 aliphatic carbocycles. The molecule has 20 heavy (non-hydrogen) atoms. The average molecular weight is 301 g/mol. The van der Waals surface area contributed by atoms with E-state index in [2.05, 4.69) is 4.99 Å². The largest absolute Gasteiger partial charge is 0.391 e. The van der Waals surface area contributed by atoms with Gasteiger partial charge >= 0.3 is 6.18 Å². The summed E-state index contributed by atoms with van der Waals surface area (Å²) < 4.78 is 35.6. The number of aliphatic hydroxyl groups is 4. The summed E-state index contributed by atoms with van der Waals surface area (Å²) in [6, 6.07) is 0. The van der Waals surface area contributed by atoms with Crippen molar-refractivity contribution in [3.05, 3.63) is 0 Å². The first-order valence-electron chi connectivity index (χ1n) is 6.44. The molecule has 0 spiro atoms. The third-order valence-electron chi connectivity index (χ3n) is 2.75. The molecule has 3 atom stereocenters. The minimum atomic E-state index is -4.16. The normalized spacial score (nSPS) is 17.9. The quantitative estimate of drug-likeness (QED) is 0.371. The fraction of sp³-hybridized carbons (Fsp3) is 0.917. The molecule has 0 saturated heterocycles. The molecule has 0 aromatic heterocycles. The van der Waals surface area contributed by atoms with Crippen molar-refractivity contribution in [2.45, 2.75) is 57.1 Å². The number of hydrogen-bond donors (Lipinski definition) is 4. The Balaban J connectivity index is 4.08. The molecule has 0 bridgehead atoms. The second-order valence-electron chi connectivity index (χ2n) is 4.63. The van der Waals surface area contributed by atoms with Gasteiger partial charge < -0.3 is 20.4 Å². The van der Waals surface area contributed by atoms with Crippen LogP contribution >= 0.6 is 0 Å². The minimum absolute atomic E-state index is 0.00628. The zero-order valence-corrected chi connectivity index (χ0v) is 11.3. The SMILES string of the molecule is C[C@H](O)[C@@H](O)[C@H](O)C(CO)=NCCCCCC(F)(F)F. The van der Waals surface area contributed by atoms with E-state index in [4.69, 9.17) is 10.2 Å². The van der Waals surface area contributed by atoms with Crippen molar-refractivity contribution in [3.63, 3.8) is 0 Å². The Morgan fingerprint density at radius 1 is 1.10 bits per heavy atom. The van der Waals surface area contributed by atoms with Crippen molar-refractivity contribution < 1.29 is 33.6 Å². The maximum absolute atomic E-state index is 11.9. The van der Waals surface area contributed by atoms with E-state index in [0.717, 1.165) is 0 Å². The Morgan fingerprint density at radius 2 is 1.70 bits per heavy atom. The topological polar surface area (TPSA) is 93.3 Å². The van der Waals surface area contributed by atoms with Crippen LogP contribution in [0.15, 0.2) is 4.99 Å². The van der Waals surface area contributed by atoms with E-state index in [1.807, 2.05) is 0 Å². The van der Waals surface area contributed by atoms with Crippen molar-refractivity contribution in [2.75, 3.05) is 13.2 Å². The van der Waals surface area contributed by atoms with Gasteiger partial charge in [-0.05, 0) is 19.8 Å². The molecule has 0 amide bonds. The highest BCUT2D eigenvalue weighted by Gasteiger charge is 2.26. The monoisotopic (exact) mass is 301 g/mol. The highest BCUT2D eigenvalue weighted by atomic mass is 19.4. The number of unbranched alkanes of at least 4 members (excludes halogenated alkanes) is 2. The third kappa shape index (κ3) is 8.47. The van der Waals surface area contributed by atoms with Gasteiger partial charge in [-0.2, -0.15) is 13.2 Å². The lowest BCUT2D eigenvalue weighted by Gasteiger charge is -2.21. The van der Waals surface area contributed by atoms with Crippen LogP contribution in [0.4, 0.5) is 13.2 Å². The van der Waals surface area contributed by atoms with Gasteiger partial charge in [-0.1, -0.05) is 6.42 Å². The number of nitrogens with zero attached hydrogens (tertiary/aromatic N) is 1. The second-order valence-corrected chi connectivity index (χ2v) is 4.63. The summed E-state index contributed by atoms with van der Waals surface area (Å²) in [6.07, 6.45) is -8.42. The zero-order chi connectivity index (χ0) is 15.8. The number of halogens is 3. The summed E-state index contributed by atoms with van der Waals surface area (Å²) in [5.74, 6) is 0. The molecule has 0 aliphatic rings. The standard InChI is InChI=1S/C12H22F3NO4/c1-8(18)10(19)11(20)9(7-17)16-6-4-2-3-5-12(13,14)15/h8,10-11,17-20H,2-7H2,1H3/t8-,10+,11+/m0/s1. The van der Waals surface area contributed by atoms with Gasteiger partial charge in [0.1, 0.15) is 12.2 Å². The summed E-state index contributed by atoms with van der Waals surface area (Å²) in [7, 11) is 0. The molecule has 8 heteroatoms. The molecular formula is C12H22F3NO4. The molecule has 0 radical (unpaired) electrons. The van der Waals surface area contributed by atoms with Crippen LogP contribution in [-0.4, -0.2) is 63.8 Å². The Bertz CT molecular complexity index is 295. The summed E-state index contributed by atoms with van der Waals surface area (Å²) in [5, 5.41) is 37.1. The van der Waals surface area contributed by atoms with E-state index >= 15 is 0 Å². The van der Waals surface area contributed by atoms with E-state index < -0.39 is 37.5 Å². The first-order valence-corrected chi connectivity index (χ1v) is 6.44. The van der Waals surface area contributed by atoms with Crippen molar-refractivity contribution in [1.82, 2.24) is 0 Å². The Labute approximate surface area is 115 Å². The number of alkyl halides is 3. The first-order chi connectivity index (χ1) is 9.19. The maximum atomic E-state index is 11.9. The summed E-state index contributed by atoms with van der Waals surface area (Å²) in [4.78, 5) is 3.84. The van der Waals surface area contributed by atoms with Crippen molar-refractivity contribution in [1.29, 1.82) is 0 Å². The van der Waals surface area contributed by atoms with Gasteiger partial charge in [0.25, 0.3) is 0 Å². The molecule has 120 valence electrons. The van der Waals surface area contributed by atoms with Crippen molar-refractivity contribution in [3.8, 4) is 0 Å². The molecule has 0 unspecified atom stereocenters. The van der Waals surface area contributed by atoms with Gasteiger partial charge in [-0.3, -0.25) is 4.99 Å². The molecule has 0 fully saturated rings. The zero-order valence-electron chi connectivity index (χ0n) is 11.3. The van der Waals surface area contributed by atoms with Gasteiger partial charge in [-0.25, -0.2) is 0 Å². The molecule has 0 aromatic carbocycles. The molecule has 5 nitrogen and oxygen atoms in total. The van der Waals surface area contributed by atoms with Crippen LogP contribution in [-0.2, 0) is 0 Å². The van der Waals surface area contributed by atoms with E-state index in [1.165, 1.54) is 6.92 Å². The summed E-state index contributed by atoms with van der Waals surface area (Å²) in [5.41, 5.74) is -0.0887. The number of hydrogen-bond acceptors (Lipinski definition) is 5. The predicted octanol–water partition coefficient (Wildman–Crippen LogP) is 0.645. The third-order valence-corrected chi connectivity index (χ3v) is 2.75. The van der Waals surface area contributed by atoms with Gasteiger partial charge in [-0.15, -0.1) is 0 Å². The first kappa shape index (κ1) is 19.3. The van der Waals surface area contributed by atoms with Crippen LogP contribution in [0.25, 0.3) is 0 Å². The summed E-state index contributed by atoms with van der Waals surface area (Å²) >= 11 is 0. The molecular weight excluding hydrogens is 279 g/mol. The second kappa shape index (κ2) is 9.28. The van der Waals surface area contributed by atoms with Crippen LogP contribution in [0.5, 0.6) is 0 Å². The highest BCUT2D eigenvalue weighted by molar-refractivity contribution is 5.90. The molecule has 0 heterocycles. The lowest BCUT2D eigenvalue weighted by Crippen LogP contribution is -2.42. The molecule has 0 rings (SSSR count). The van der Waals surface area contributed by atoms with Crippen LogP contribution < -0.4 is 0 Å². The van der Waals surface area contributed by atoms with E-state index in [-0.39, 0.29) is 18.7 Å². The van der Waals surface area contributed by atoms with E-state index in [1.54, 1.807) is 0 Å². The highest BCUT2D eigenvalue weighted by Crippen LogP contribution is 2.22. The van der Waals surface area contributed by atoms with Crippen LogP contribution in [0.1, 0.15) is 32.6 Å². The molecule has 0 aliphatic heterocycles. The Morgan fingerprint density at radius 3 is 2.15 bits per heavy atom. The minimum Gasteiger partial charge on any atom is -0.391 e. The Kier molecular flexibility index (Phi) is 8.95. The van der Waals surface area contributed by atoms with Crippen molar-refractivity contribution in [2.24, 2.45) is 4.99 Å². The fourth-order valence-electron chi connectivity index (χ4n) is 1.53. The van der Waals surface area contributed by atoms with E-state index in [0.29, 0.717) is 12.8 Å². The van der Waals surface area contributed by atoms with Crippen LogP contribution in [0.2, 0.25) is 0 Å². The molecule has 4 N–H and O–H groups in total. The molecule has 0 aromatic rings. The lowest BCUT2D eigenvalue weighted by molar-refractivity contribution is -0.135. The smallest absolute Gasteiger partial charge is 0.389 e. The van der Waals surface area contributed by atoms with Crippen LogP contribution in [0.3, 0.4) is 0 Å². The van der Waals surface area contributed by atoms with Gasteiger partial charge in [0.15, 0.2) is 0 Å². The number of rotatable bonds is 9. The van der Waals surface area contributed by atoms with Gasteiger partial charge in [0.2, 0.25) is 0 Å². The van der Waals surface area contributed by atoms with Crippen molar-refractivity contribution >= 4 is 5.71 Å². The van der Waals surface area contributed by atoms with Gasteiger partial charge in [0.05, 0.1) is 18.4 Å². The number of aliphatic hydroxyl groups excluding tert-OH is 4. The van der Waals surface area contributed by atoms with Crippen LogP contribution in [0, 0.1) is 0 Å².